The molecule has 0 atom stereocenters. The van der Waals surface area contributed by atoms with Crippen molar-refractivity contribution in [3.8, 4) is 11.1 Å². The maximum atomic E-state index is 13.7. The van der Waals surface area contributed by atoms with Crippen molar-refractivity contribution in [1.82, 2.24) is 24.3 Å². The van der Waals surface area contributed by atoms with Crippen molar-refractivity contribution < 1.29 is 26.4 Å². The summed E-state index contributed by atoms with van der Waals surface area (Å²) in [7, 11) is -4.44. The van der Waals surface area contributed by atoms with Crippen molar-refractivity contribution >= 4 is 21.6 Å². The standard InChI is InChI=1S/C20H14F3N5O4S/c1-11-14(18(29)27-33(31,32)13-9-5-6-10-24-13)19(30)28-17(25-11)15(12-7-3-2-4-8-12)16(26-28)20(21,22)23/h2-10,26H,1H3,(H,27,29). The lowest BCUT2D eigenvalue weighted by molar-refractivity contribution is -0.140. The van der Waals surface area contributed by atoms with Crippen molar-refractivity contribution in [3.05, 3.63) is 82.0 Å². The van der Waals surface area contributed by atoms with Crippen LogP contribution in [0.5, 0.6) is 0 Å². The van der Waals surface area contributed by atoms with Crippen LogP contribution in [-0.4, -0.2) is 33.9 Å². The molecule has 4 rings (SSSR count). The second kappa shape index (κ2) is 7.85. The fourth-order valence-electron chi connectivity index (χ4n) is 3.25. The molecule has 1 aromatic carbocycles. The average Bonchev–Trinajstić information content (AvgIpc) is 3.15. The number of alkyl halides is 3. The molecule has 0 spiro atoms. The van der Waals surface area contributed by atoms with Gasteiger partial charge in [-0.3, -0.25) is 14.7 Å². The van der Waals surface area contributed by atoms with Crippen LogP contribution in [0.4, 0.5) is 13.2 Å². The number of aryl methyl sites for hydroxylation is 1. The van der Waals surface area contributed by atoms with E-state index in [1.54, 1.807) is 10.8 Å². The van der Waals surface area contributed by atoms with E-state index in [4.69, 9.17) is 0 Å². The first-order chi connectivity index (χ1) is 15.5. The predicted octanol–water partition coefficient (Wildman–Crippen LogP) is 2.53. The number of halogens is 3. The highest BCUT2D eigenvalue weighted by molar-refractivity contribution is 7.90. The summed E-state index contributed by atoms with van der Waals surface area (Å²) in [4.78, 5) is 33.3. The molecule has 4 aromatic rings. The van der Waals surface area contributed by atoms with Crippen LogP contribution in [0.15, 0.2) is 64.5 Å². The number of aromatic amines is 1. The minimum atomic E-state index is -4.87. The summed E-state index contributed by atoms with van der Waals surface area (Å²) >= 11 is 0. The number of amides is 1. The molecule has 0 aliphatic carbocycles. The molecule has 0 saturated heterocycles. The van der Waals surface area contributed by atoms with Crippen LogP contribution in [0.3, 0.4) is 0 Å². The summed E-state index contributed by atoms with van der Waals surface area (Å²) in [5.74, 6) is -1.35. The minimum Gasteiger partial charge on any atom is -0.284 e. The number of carbonyl (C=O) groups is 1. The first-order valence-corrected chi connectivity index (χ1v) is 10.7. The summed E-state index contributed by atoms with van der Waals surface area (Å²) in [6.07, 6.45) is -3.68. The zero-order valence-corrected chi connectivity index (χ0v) is 17.5. The van der Waals surface area contributed by atoms with E-state index in [2.05, 4.69) is 9.97 Å². The van der Waals surface area contributed by atoms with Crippen LogP contribution < -0.4 is 10.3 Å². The molecule has 1 amide bonds. The molecule has 0 unspecified atom stereocenters. The highest BCUT2D eigenvalue weighted by Gasteiger charge is 2.38. The Morgan fingerprint density at radius 2 is 1.76 bits per heavy atom. The van der Waals surface area contributed by atoms with E-state index in [0.29, 0.717) is 4.52 Å². The van der Waals surface area contributed by atoms with Crippen LogP contribution in [0, 0.1) is 6.92 Å². The van der Waals surface area contributed by atoms with Crippen molar-refractivity contribution in [1.29, 1.82) is 0 Å². The number of fused-ring (bicyclic) bond motifs is 1. The van der Waals surface area contributed by atoms with Crippen molar-refractivity contribution in [3.63, 3.8) is 0 Å². The van der Waals surface area contributed by atoms with Gasteiger partial charge < -0.3 is 0 Å². The molecule has 0 aliphatic rings. The van der Waals surface area contributed by atoms with E-state index in [0.717, 1.165) is 6.07 Å². The number of hydrogen-bond acceptors (Lipinski definition) is 6. The maximum absolute atomic E-state index is 13.7. The molecule has 33 heavy (non-hydrogen) atoms. The lowest BCUT2D eigenvalue weighted by Crippen LogP contribution is -2.37. The van der Waals surface area contributed by atoms with Crippen molar-refractivity contribution in [2.75, 3.05) is 0 Å². The van der Waals surface area contributed by atoms with Gasteiger partial charge in [-0.05, 0) is 24.6 Å². The molecule has 3 heterocycles. The van der Waals surface area contributed by atoms with Gasteiger partial charge in [-0.1, -0.05) is 36.4 Å². The van der Waals surface area contributed by atoms with Gasteiger partial charge in [-0.25, -0.2) is 14.7 Å². The Labute approximate surface area is 184 Å². The molecule has 0 saturated carbocycles. The highest BCUT2D eigenvalue weighted by Crippen LogP contribution is 2.38. The number of rotatable bonds is 4. The summed E-state index contributed by atoms with van der Waals surface area (Å²) in [5.41, 5.74) is -4.02. The van der Waals surface area contributed by atoms with E-state index >= 15 is 0 Å². The van der Waals surface area contributed by atoms with Crippen LogP contribution in [0.25, 0.3) is 16.8 Å². The van der Waals surface area contributed by atoms with E-state index in [-0.39, 0.29) is 22.5 Å². The molecule has 170 valence electrons. The van der Waals surface area contributed by atoms with Gasteiger partial charge in [0.2, 0.25) is 0 Å². The van der Waals surface area contributed by atoms with Gasteiger partial charge in [0.15, 0.2) is 10.7 Å². The zero-order chi connectivity index (χ0) is 24.0. The molecule has 13 heteroatoms. The lowest BCUT2D eigenvalue weighted by atomic mass is 10.1. The van der Waals surface area contributed by atoms with Crippen LogP contribution >= 0.6 is 0 Å². The highest BCUT2D eigenvalue weighted by atomic mass is 32.2. The third-order valence-corrected chi connectivity index (χ3v) is 5.92. The number of hydrogen-bond donors (Lipinski definition) is 2. The molecule has 3 aromatic heterocycles. The number of nitrogens with zero attached hydrogens (tertiary/aromatic N) is 3. The summed E-state index contributed by atoms with van der Waals surface area (Å²) < 4.78 is 68.2. The number of nitrogens with one attached hydrogen (secondary N) is 2. The van der Waals surface area contributed by atoms with Gasteiger partial charge in [-0.2, -0.15) is 26.1 Å². The van der Waals surface area contributed by atoms with Crippen LogP contribution in [0.2, 0.25) is 0 Å². The molecule has 0 bridgehead atoms. The number of benzene rings is 1. The topological polar surface area (TPSA) is 126 Å². The fraction of sp³-hybridized carbons (Fsp3) is 0.100. The Hall–Kier alpha value is -4.00. The van der Waals surface area contributed by atoms with Crippen molar-refractivity contribution in [2.24, 2.45) is 0 Å². The van der Waals surface area contributed by atoms with Gasteiger partial charge >= 0.3 is 6.18 Å². The third-order valence-electron chi connectivity index (χ3n) is 4.67. The quantitative estimate of drug-likeness (QED) is 0.465. The van der Waals surface area contributed by atoms with Gasteiger partial charge in [0.25, 0.3) is 21.5 Å². The van der Waals surface area contributed by atoms with Gasteiger partial charge in [-0.15, -0.1) is 0 Å². The summed E-state index contributed by atoms with van der Waals surface area (Å²) in [6, 6.07) is 11.5. The second-order valence-corrected chi connectivity index (χ2v) is 8.49. The van der Waals surface area contributed by atoms with Crippen LogP contribution in [0.1, 0.15) is 21.7 Å². The number of sulfonamides is 1. The molecular weight excluding hydrogens is 463 g/mol. The SMILES string of the molecule is Cc1nc2c(-c3ccccc3)c(C(F)(F)F)[nH]n2c(=O)c1C(=O)NS(=O)(=O)c1ccccn1. The first-order valence-electron chi connectivity index (χ1n) is 9.27. The lowest BCUT2D eigenvalue weighted by Gasteiger charge is -2.08. The third kappa shape index (κ3) is 3.98. The molecule has 0 fully saturated rings. The number of carbonyl (C=O) groups excluding carboxylic acids is 1. The van der Waals surface area contributed by atoms with E-state index < -0.39 is 43.9 Å². The van der Waals surface area contributed by atoms with Crippen molar-refractivity contribution in [2.45, 2.75) is 18.1 Å². The van der Waals surface area contributed by atoms with Gasteiger partial charge in [0, 0.05) is 6.20 Å². The summed E-state index contributed by atoms with van der Waals surface area (Å²) in [6.45, 7) is 1.22. The first kappa shape index (κ1) is 22.2. The molecule has 9 nitrogen and oxygen atoms in total. The molecule has 0 aliphatic heterocycles. The molecular formula is C20H14F3N5O4S. The smallest absolute Gasteiger partial charge is 0.284 e. The normalized spacial score (nSPS) is 12.1. The Morgan fingerprint density at radius 3 is 2.36 bits per heavy atom. The van der Waals surface area contributed by atoms with Gasteiger partial charge in [0.1, 0.15) is 11.3 Å². The minimum absolute atomic E-state index is 0.143. The number of pyridine rings is 1. The van der Waals surface area contributed by atoms with Gasteiger partial charge in [0.05, 0.1) is 11.3 Å². The monoisotopic (exact) mass is 477 g/mol. The second-order valence-electron chi connectivity index (χ2n) is 6.86. The zero-order valence-electron chi connectivity index (χ0n) is 16.7. The predicted molar refractivity (Wildman–Crippen MR) is 110 cm³/mol. The summed E-state index contributed by atoms with van der Waals surface area (Å²) in [5, 5.41) is 1.49. The van der Waals surface area contributed by atoms with E-state index in [9.17, 15) is 31.2 Å². The number of H-pyrrole nitrogens is 1. The Bertz CT molecular complexity index is 1530. The Kier molecular flexibility index (Phi) is 5.28. The Morgan fingerprint density at radius 1 is 1.09 bits per heavy atom. The maximum Gasteiger partial charge on any atom is 0.433 e. The molecule has 2 N–H and O–H groups in total. The average molecular weight is 477 g/mol. The largest absolute Gasteiger partial charge is 0.433 e. The van der Waals surface area contributed by atoms with E-state index in [1.165, 1.54) is 49.5 Å². The number of aromatic nitrogens is 4. The van der Waals surface area contributed by atoms with E-state index in [1.807, 2.05) is 5.10 Å². The fourth-order valence-corrected chi connectivity index (χ4v) is 4.16. The van der Waals surface area contributed by atoms with Crippen LogP contribution in [-0.2, 0) is 16.2 Å². The molecule has 0 radical (unpaired) electrons. The Balaban J connectivity index is 1.89.